The summed E-state index contributed by atoms with van der Waals surface area (Å²) in [4.78, 5) is 13.0. The maximum atomic E-state index is 11.5. The van der Waals surface area contributed by atoms with Gasteiger partial charge in [-0.15, -0.1) is 0 Å². The molecule has 4 nitrogen and oxygen atoms in total. The zero-order valence-corrected chi connectivity index (χ0v) is 9.80. The van der Waals surface area contributed by atoms with Crippen molar-refractivity contribution in [3.63, 3.8) is 0 Å². The quantitative estimate of drug-likeness (QED) is 0.786. The van der Waals surface area contributed by atoms with Crippen LogP contribution in [0, 0.1) is 6.92 Å². The number of aliphatic hydroxyl groups is 1. The molecule has 1 unspecified atom stereocenters. The first-order chi connectivity index (χ1) is 7.49. The Morgan fingerprint density at radius 2 is 2.31 bits per heavy atom. The average molecular weight is 223 g/mol. The van der Waals surface area contributed by atoms with Crippen molar-refractivity contribution in [2.24, 2.45) is 0 Å². The van der Waals surface area contributed by atoms with Gasteiger partial charge in [0.25, 0.3) is 0 Å². The van der Waals surface area contributed by atoms with E-state index >= 15 is 0 Å². The topological polar surface area (TPSA) is 53.7 Å². The van der Waals surface area contributed by atoms with E-state index in [1.165, 1.54) is 11.0 Å². The largest absolute Gasteiger partial charge is 0.462 e. The molecule has 0 aliphatic carbocycles. The Morgan fingerprint density at radius 3 is 2.81 bits per heavy atom. The van der Waals surface area contributed by atoms with Crippen molar-refractivity contribution in [3.05, 3.63) is 29.7 Å². The van der Waals surface area contributed by atoms with Crippen molar-refractivity contribution >= 4 is 12.0 Å². The molecule has 1 N–H and O–H groups in total. The van der Waals surface area contributed by atoms with Gasteiger partial charge in [0.1, 0.15) is 11.5 Å². The molecule has 0 aliphatic heterocycles. The molecule has 0 spiro atoms. The summed E-state index contributed by atoms with van der Waals surface area (Å²) in [5.74, 6) is 1.30. The fourth-order valence-corrected chi connectivity index (χ4v) is 1.31. The zero-order valence-electron chi connectivity index (χ0n) is 9.80. The second kappa shape index (κ2) is 5.51. The highest BCUT2D eigenvalue weighted by Crippen LogP contribution is 2.08. The lowest BCUT2D eigenvalue weighted by molar-refractivity contribution is -0.125. The lowest BCUT2D eigenvalue weighted by atomic mass is 10.3. The molecule has 1 amide bonds. The van der Waals surface area contributed by atoms with Gasteiger partial charge in [-0.05, 0) is 32.1 Å². The predicted molar refractivity (Wildman–Crippen MR) is 61.8 cm³/mol. The van der Waals surface area contributed by atoms with Crippen molar-refractivity contribution in [2.75, 3.05) is 13.6 Å². The van der Waals surface area contributed by atoms with Crippen LogP contribution in [0.4, 0.5) is 0 Å². The second-order valence-corrected chi connectivity index (χ2v) is 3.85. The van der Waals surface area contributed by atoms with Gasteiger partial charge in [0.05, 0.1) is 6.10 Å². The maximum Gasteiger partial charge on any atom is 0.246 e. The minimum Gasteiger partial charge on any atom is -0.462 e. The van der Waals surface area contributed by atoms with Crippen LogP contribution in [0.25, 0.3) is 6.08 Å². The molecule has 1 heterocycles. The number of carbonyl (C=O) groups is 1. The Hall–Kier alpha value is -1.55. The fourth-order valence-electron chi connectivity index (χ4n) is 1.31. The molecule has 0 saturated carbocycles. The van der Waals surface area contributed by atoms with Crippen molar-refractivity contribution < 1.29 is 14.3 Å². The van der Waals surface area contributed by atoms with Gasteiger partial charge in [-0.25, -0.2) is 0 Å². The molecule has 0 saturated heterocycles. The molecular weight excluding hydrogens is 206 g/mol. The van der Waals surface area contributed by atoms with Gasteiger partial charge >= 0.3 is 0 Å². The molecule has 4 heteroatoms. The maximum absolute atomic E-state index is 11.5. The Labute approximate surface area is 95.2 Å². The third kappa shape index (κ3) is 3.90. The van der Waals surface area contributed by atoms with Crippen molar-refractivity contribution in [1.29, 1.82) is 0 Å². The molecule has 0 aromatic carbocycles. The normalized spacial score (nSPS) is 13.0. The number of amides is 1. The van der Waals surface area contributed by atoms with Gasteiger partial charge in [0.15, 0.2) is 0 Å². The van der Waals surface area contributed by atoms with E-state index in [0.717, 1.165) is 5.76 Å². The number of carbonyl (C=O) groups excluding carboxylic acids is 1. The number of hydrogen-bond donors (Lipinski definition) is 1. The Balaban J connectivity index is 2.53. The first-order valence-corrected chi connectivity index (χ1v) is 5.16. The standard InChI is InChI=1S/C12H17NO3/c1-9(14)8-13(3)12(15)7-6-11-5-4-10(2)16-11/h4-7,9,14H,8H2,1-3H3. The third-order valence-corrected chi connectivity index (χ3v) is 2.07. The van der Waals surface area contributed by atoms with Crippen LogP contribution in [0.2, 0.25) is 0 Å². The Kier molecular flexibility index (Phi) is 4.31. The molecule has 16 heavy (non-hydrogen) atoms. The summed E-state index contributed by atoms with van der Waals surface area (Å²) in [7, 11) is 1.65. The molecule has 1 atom stereocenters. The molecule has 88 valence electrons. The monoisotopic (exact) mass is 223 g/mol. The van der Waals surface area contributed by atoms with E-state index < -0.39 is 6.10 Å². The number of aryl methyl sites for hydroxylation is 1. The van der Waals surface area contributed by atoms with E-state index in [4.69, 9.17) is 9.52 Å². The summed E-state index contributed by atoms with van der Waals surface area (Å²) in [5, 5.41) is 9.12. The van der Waals surface area contributed by atoms with Gasteiger partial charge in [-0.1, -0.05) is 0 Å². The van der Waals surface area contributed by atoms with E-state index in [0.29, 0.717) is 12.3 Å². The summed E-state index contributed by atoms with van der Waals surface area (Å²) in [6, 6.07) is 3.64. The van der Waals surface area contributed by atoms with Crippen LogP contribution in [-0.2, 0) is 4.79 Å². The lowest BCUT2D eigenvalue weighted by Gasteiger charge is -2.16. The second-order valence-electron chi connectivity index (χ2n) is 3.85. The van der Waals surface area contributed by atoms with Crippen LogP contribution < -0.4 is 0 Å². The van der Waals surface area contributed by atoms with E-state index in [-0.39, 0.29) is 5.91 Å². The molecular formula is C12H17NO3. The van der Waals surface area contributed by atoms with Gasteiger partial charge in [0.2, 0.25) is 5.91 Å². The fraction of sp³-hybridized carbons (Fsp3) is 0.417. The highest BCUT2D eigenvalue weighted by atomic mass is 16.3. The van der Waals surface area contributed by atoms with Crippen LogP contribution in [0.3, 0.4) is 0 Å². The van der Waals surface area contributed by atoms with Crippen molar-refractivity contribution in [2.45, 2.75) is 20.0 Å². The van der Waals surface area contributed by atoms with Gasteiger partial charge in [-0.2, -0.15) is 0 Å². The average Bonchev–Trinajstić information content (AvgIpc) is 2.59. The van der Waals surface area contributed by atoms with E-state index in [2.05, 4.69) is 0 Å². The van der Waals surface area contributed by atoms with Gasteiger partial charge in [-0.3, -0.25) is 4.79 Å². The van der Waals surface area contributed by atoms with E-state index in [1.807, 2.05) is 13.0 Å². The summed E-state index contributed by atoms with van der Waals surface area (Å²) in [6.45, 7) is 3.81. The molecule has 0 bridgehead atoms. The number of furan rings is 1. The summed E-state index contributed by atoms with van der Waals surface area (Å²) in [5.41, 5.74) is 0. The molecule has 1 aromatic rings. The Morgan fingerprint density at radius 1 is 1.62 bits per heavy atom. The first-order valence-electron chi connectivity index (χ1n) is 5.16. The van der Waals surface area contributed by atoms with Crippen LogP contribution in [0.1, 0.15) is 18.4 Å². The zero-order chi connectivity index (χ0) is 12.1. The van der Waals surface area contributed by atoms with Gasteiger partial charge < -0.3 is 14.4 Å². The number of likely N-dealkylation sites (N-methyl/N-ethyl adjacent to an activating group) is 1. The minimum absolute atomic E-state index is 0.157. The number of nitrogens with zero attached hydrogens (tertiary/aromatic N) is 1. The smallest absolute Gasteiger partial charge is 0.246 e. The van der Waals surface area contributed by atoms with Crippen LogP contribution in [0.5, 0.6) is 0 Å². The minimum atomic E-state index is -0.520. The van der Waals surface area contributed by atoms with E-state index in [1.54, 1.807) is 26.1 Å². The molecule has 0 fully saturated rings. The summed E-state index contributed by atoms with van der Waals surface area (Å²) >= 11 is 0. The summed E-state index contributed by atoms with van der Waals surface area (Å²) in [6.07, 6.45) is 2.53. The third-order valence-electron chi connectivity index (χ3n) is 2.07. The number of rotatable bonds is 4. The summed E-state index contributed by atoms with van der Waals surface area (Å²) < 4.78 is 5.29. The molecule has 0 aliphatic rings. The molecule has 0 radical (unpaired) electrons. The van der Waals surface area contributed by atoms with Crippen LogP contribution >= 0.6 is 0 Å². The van der Waals surface area contributed by atoms with Crippen molar-refractivity contribution in [1.82, 2.24) is 4.90 Å². The van der Waals surface area contributed by atoms with Crippen LogP contribution in [-0.4, -0.2) is 35.6 Å². The number of hydrogen-bond acceptors (Lipinski definition) is 3. The predicted octanol–water partition coefficient (Wildman–Crippen LogP) is 1.44. The van der Waals surface area contributed by atoms with Crippen LogP contribution in [0.15, 0.2) is 22.6 Å². The highest BCUT2D eigenvalue weighted by Gasteiger charge is 2.07. The SMILES string of the molecule is Cc1ccc(C=CC(=O)N(C)CC(C)O)o1. The molecule has 1 aromatic heterocycles. The van der Waals surface area contributed by atoms with E-state index in [9.17, 15) is 4.79 Å². The first kappa shape index (κ1) is 12.5. The number of aliphatic hydroxyl groups excluding tert-OH is 1. The lowest BCUT2D eigenvalue weighted by Crippen LogP contribution is -2.31. The molecule has 1 rings (SSSR count). The van der Waals surface area contributed by atoms with Crippen molar-refractivity contribution in [3.8, 4) is 0 Å². The highest BCUT2D eigenvalue weighted by molar-refractivity contribution is 5.91. The Bertz CT molecular complexity index is 379. The van der Waals surface area contributed by atoms with Gasteiger partial charge in [0, 0.05) is 19.7 Å².